The molecule has 1 heterocycles. The number of aliphatic imine (C=N–C) groups is 1. The number of hydrogen-bond donors (Lipinski definition) is 2. The lowest BCUT2D eigenvalue weighted by molar-refractivity contribution is -0.805. The topological polar surface area (TPSA) is 75.7 Å². The quantitative estimate of drug-likeness (QED) is 0.525. The molecule has 5 nitrogen and oxygen atoms in total. The highest BCUT2D eigenvalue weighted by Gasteiger charge is 2.40. The maximum absolute atomic E-state index is 11.0. The maximum atomic E-state index is 11.0. The molecule has 2 atom stereocenters. The summed E-state index contributed by atoms with van der Waals surface area (Å²) in [6.07, 6.45) is 7.29. The van der Waals surface area contributed by atoms with E-state index in [0.29, 0.717) is 0 Å². The van der Waals surface area contributed by atoms with E-state index in [1.54, 1.807) is 12.4 Å². The molecule has 3 N–H and O–H groups in total. The first-order valence-electron chi connectivity index (χ1n) is 6.12. The van der Waals surface area contributed by atoms with Crippen molar-refractivity contribution in [1.29, 1.82) is 0 Å². The zero-order chi connectivity index (χ0) is 12.9. The number of carbonyl (C=O) groups is 1. The fourth-order valence-corrected chi connectivity index (χ4v) is 2.12. The van der Waals surface area contributed by atoms with Gasteiger partial charge in [-0.15, -0.1) is 0 Å². The van der Waals surface area contributed by atoms with Gasteiger partial charge in [-0.05, 0) is 6.42 Å². The predicted octanol–water partition coefficient (Wildman–Crippen LogP) is 1.66. The molecule has 0 aromatic heterocycles. The number of hydrogen-bond acceptors (Lipinski definition) is 3. The van der Waals surface area contributed by atoms with E-state index in [1.807, 2.05) is 6.92 Å². The summed E-state index contributed by atoms with van der Waals surface area (Å²) in [6.45, 7) is 3.94. The Morgan fingerprint density at radius 2 is 2.29 bits per heavy atom. The van der Waals surface area contributed by atoms with Crippen LogP contribution in [0.15, 0.2) is 17.4 Å². The summed E-state index contributed by atoms with van der Waals surface area (Å²) < 4.78 is 0.166. The number of amidine groups is 1. The van der Waals surface area contributed by atoms with Gasteiger partial charge in [-0.3, -0.25) is 5.73 Å². The van der Waals surface area contributed by atoms with Crippen LogP contribution in [0, 0.1) is 0 Å². The Hall–Kier alpha value is -1.20. The van der Waals surface area contributed by atoms with Crippen LogP contribution in [-0.4, -0.2) is 34.1 Å². The van der Waals surface area contributed by atoms with Crippen LogP contribution in [0.5, 0.6) is 0 Å². The minimum absolute atomic E-state index is 0.0286. The van der Waals surface area contributed by atoms with Crippen LogP contribution >= 0.6 is 0 Å². The molecule has 0 amide bonds. The summed E-state index contributed by atoms with van der Waals surface area (Å²) in [7, 11) is 0. The average Bonchev–Trinajstić information content (AvgIpc) is 2.62. The molecule has 0 radical (unpaired) electrons. The van der Waals surface area contributed by atoms with Crippen LogP contribution in [0.1, 0.15) is 39.5 Å². The summed E-state index contributed by atoms with van der Waals surface area (Å²) in [5, 5.41) is 9.02. The largest absolute Gasteiger partial charge is 0.477 e. The highest BCUT2D eigenvalue weighted by molar-refractivity contribution is 5.81. The van der Waals surface area contributed by atoms with Gasteiger partial charge in [0, 0.05) is 13.3 Å². The Labute approximate surface area is 102 Å². The van der Waals surface area contributed by atoms with Gasteiger partial charge >= 0.3 is 5.97 Å². The molecule has 1 aliphatic heterocycles. The molecule has 5 heteroatoms. The molecular weight excluding hydrogens is 218 g/mol. The Bertz CT molecular complexity index is 337. The number of carboxylic acids is 1. The van der Waals surface area contributed by atoms with Crippen LogP contribution in [0.2, 0.25) is 0 Å². The summed E-state index contributed by atoms with van der Waals surface area (Å²) >= 11 is 0. The zero-order valence-corrected chi connectivity index (χ0v) is 10.6. The van der Waals surface area contributed by atoms with E-state index in [1.165, 1.54) is 0 Å². The van der Waals surface area contributed by atoms with Crippen molar-refractivity contribution in [2.75, 3.05) is 6.54 Å². The molecule has 1 rings (SSSR count). The van der Waals surface area contributed by atoms with Gasteiger partial charge in [0.2, 0.25) is 5.84 Å². The third-order valence-electron chi connectivity index (χ3n) is 3.16. The van der Waals surface area contributed by atoms with Crippen molar-refractivity contribution in [1.82, 2.24) is 0 Å². The normalized spacial score (nSPS) is 24.8. The van der Waals surface area contributed by atoms with Crippen molar-refractivity contribution in [2.24, 2.45) is 10.7 Å². The minimum atomic E-state index is -0.850. The molecule has 0 saturated carbocycles. The first-order chi connectivity index (χ1) is 8.03. The molecule has 0 aromatic carbocycles. The Morgan fingerprint density at radius 1 is 1.59 bits per heavy atom. The van der Waals surface area contributed by atoms with Crippen molar-refractivity contribution in [3.8, 4) is 0 Å². The highest BCUT2D eigenvalue weighted by atomic mass is 16.4. The Kier molecular flexibility index (Phi) is 4.84. The van der Waals surface area contributed by atoms with E-state index in [0.717, 1.165) is 31.5 Å². The van der Waals surface area contributed by atoms with Crippen molar-refractivity contribution < 1.29 is 14.4 Å². The molecule has 0 bridgehead atoms. The van der Waals surface area contributed by atoms with Gasteiger partial charge in [0.15, 0.2) is 6.54 Å². The first-order valence-corrected chi connectivity index (χ1v) is 6.12. The third-order valence-corrected chi connectivity index (χ3v) is 3.16. The first kappa shape index (κ1) is 13.9. The number of unbranched alkanes of at least 4 members (excludes halogenated alkanes) is 2. The predicted molar refractivity (Wildman–Crippen MR) is 67.1 cm³/mol. The van der Waals surface area contributed by atoms with E-state index < -0.39 is 5.97 Å². The maximum Gasteiger partial charge on any atom is 0.360 e. The van der Waals surface area contributed by atoms with Crippen LogP contribution in [-0.2, 0) is 4.79 Å². The molecule has 2 unspecified atom stereocenters. The van der Waals surface area contributed by atoms with Gasteiger partial charge in [0.05, 0.1) is 6.20 Å². The van der Waals surface area contributed by atoms with Crippen LogP contribution in [0.4, 0.5) is 0 Å². The molecule has 0 fully saturated rings. The number of nitrogens with two attached hydrogens (primary N) is 1. The number of aliphatic carboxylic acids is 1. The third kappa shape index (κ3) is 3.14. The van der Waals surface area contributed by atoms with Gasteiger partial charge in [0.25, 0.3) is 0 Å². The summed E-state index contributed by atoms with van der Waals surface area (Å²) in [5.74, 6) is 0.0212. The minimum Gasteiger partial charge on any atom is -0.477 e. The highest BCUT2D eigenvalue weighted by Crippen LogP contribution is 2.23. The molecule has 0 saturated heterocycles. The van der Waals surface area contributed by atoms with Gasteiger partial charge in [-0.2, -0.15) is 0 Å². The monoisotopic (exact) mass is 240 g/mol. The van der Waals surface area contributed by atoms with E-state index in [-0.39, 0.29) is 17.2 Å². The van der Waals surface area contributed by atoms with E-state index in [4.69, 9.17) is 10.8 Å². The second kappa shape index (κ2) is 5.93. The lowest BCUT2D eigenvalue weighted by atomic mass is 10.1. The van der Waals surface area contributed by atoms with Crippen molar-refractivity contribution in [3.63, 3.8) is 0 Å². The van der Waals surface area contributed by atoms with Crippen molar-refractivity contribution in [2.45, 2.75) is 45.7 Å². The van der Waals surface area contributed by atoms with Gasteiger partial charge in [-0.25, -0.2) is 14.3 Å². The molecular formula is C12H22N3O2+. The van der Waals surface area contributed by atoms with Gasteiger partial charge < -0.3 is 5.11 Å². The Balaban J connectivity index is 2.78. The molecule has 0 aliphatic carbocycles. The second-order valence-electron chi connectivity index (χ2n) is 4.52. The molecule has 96 valence electrons. The van der Waals surface area contributed by atoms with Gasteiger partial charge in [-0.1, -0.05) is 19.8 Å². The standard InChI is InChI=1S/C12H21N3O2/c1-3-4-5-6-11-14-7-8-15(11,10(2)13)9-12(16)17/h7-8,10H,3-6,9,13H2,1-2H3/p+1. The molecule has 0 spiro atoms. The SMILES string of the molecule is CCCCCC1=NC=C[N+]1(CC(=O)O)C(C)N. The molecule has 17 heavy (non-hydrogen) atoms. The van der Waals surface area contributed by atoms with Crippen LogP contribution in [0.3, 0.4) is 0 Å². The van der Waals surface area contributed by atoms with Crippen LogP contribution in [0.25, 0.3) is 0 Å². The second-order valence-corrected chi connectivity index (χ2v) is 4.52. The smallest absolute Gasteiger partial charge is 0.360 e. The number of quaternary nitrogens is 1. The van der Waals surface area contributed by atoms with Gasteiger partial charge in [0.1, 0.15) is 12.4 Å². The number of nitrogens with zero attached hydrogens (tertiary/aromatic N) is 2. The fourth-order valence-electron chi connectivity index (χ4n) is 2.12. The summed E-state index contributed by atoms with van der Waals surface area (Å²) in [6, 6.07) is 0. The average molecular weight is 240 g/mol. The molecule has 1 aliphatic rings. The number of rotatable bonds is 7. The zero-order valence-electron chi connectivity index (χ0n) is 10.6. The van der Waals surface area contributed by atoms with Crippen LogP contribution < -0.4 is 5.73 Å². The summed E-state index contributed by atoms with van der Waals surface area (Å²) in [5.41, 5.74) is 5.95. The van der Waals surface area contributed by atoms with Crippen molar-refractivity contribution >= 4 is 11.8 Å². The van der Waals surface area contributed by atoms with E-state index in [9.17, 15) is 4.79 Å². The molecule has 0 aromatic rings. The fraction of sp³-hybridized carbons (Fsp3) is 0.667. The van der Waals surface area contributed by atoms with Crippen molar-refractivity contribution in [3.05, 3.63) is 12.4 Å². The van der Waals surface area contributed by atoms with E-state index in [2.05, 4.69) is 11.9 Å². The summed E-state index contributed by atoms with van der Waals surface area (Å²) in [4.78, 5) is 15.3. The number of carboxylic acid groups (broad SMARTS) is 1. The van der Waals surface area contributed by atoms with E-state index >= 15 is 0 Å². The Morgan fingerprint density at radius 3 is 2.82 bits per heavy atom. The lowest BCUT2D eigenvalue weighted by Gasteiger charge is -2.34. The lowest BCUT2D eigenvalue weighted by Crippen LogP contribution is -2.59.